The molecule has 1 aromatic carbocycles. The largest absolute Gasteiger partial charge is 0.403 e. The summed E-state index contributed by atoms with van der Waals surface area (Å²) in [6.45, 7) is 8.52. The zero-order valence-electron chi connectivity index (χ0n) is 12.2. The quantitative estimate of drug-likeness (QED) is 0.609. The fraction of sp³-hybridized carbons (Fsp3) is 0.533. The highest BCUT2D eigenvalue weighted by Gasteiger charge is 2.43. The van der Waals surface area contributed by atoms with Crippen molar-refractivity contribution in [3.63, 3.8) is 0 Å². The van der Waals surface area contributed by atoms with Gasteiger partial charge in [-0.15, -0.1) is 0 Å². The Morgan fingerprint density at radius 1 is 1.42 bits per heavy atom. The highest BCUT2D eigenvalue weighted by atomic mass is 28.4. The Morgan fingerprint density at radius 2 is 2.16 bits per heavy atom. The summed E-state index contributed by atoms with van der Waals surface area (Å²) >= 11 is 0. The summed E-state index contributed by atoms with van der Waals surface area (Å²) in [5, 5.41) is 0. The molecule has 0 saturated carbocycles. The van der Waals surface area contributed by atoms with Crippen molar-refractivity contribution in [2.24, 2.45) is 4.99 Å². The van der Waals surface area contributed by atoms with Gasteiger partial charge >= 0.3 is 0 Å². The van der Waals surface area contributed by atoms with Gasteiger partial charge in [-0.3, -0.25) is 9.56 Å². The fourth-order valence-electron chi connectivity index (χ4n) is 2.82. The minimum atomic E-state index is -1.70. The average molecular weight is 276 g/mol. The van der Waals surface area contributed by atoms with E-state index in [1.165, 1.54) is 12.5 Å². The van der Waals surface area contributed by atoms with Gasteiger partial charge in [0.1, 0.15) is 0 Å². The summed E-state index contributed by atoms with van der Waals surface area (Å²) in [7, 11) is -1.70. The number of aliphatic imine (C=N–C) groups is 1. The van der Waals surface area contributed by atoms with Crippen LogP contribution in [-0.4, -0.2) is 38.6 Å². The van der Waals surface area contributed by atoms with Gasteiger partial charge in [0.05, 0.1) is 6.17 Å². The minimum absolute atomic E-state index is 0.214. The third kappa shape index (κ3) is 3.52. The Morgan fingerprint density at radius 3 is 2.84 bits per heavy atom. The predicted octanol–water partition coefficient (Wildman–Crippen LogP) is 3.27. The highest BCUT2D eigenvalue weighted by Crippen LogP contribution is 2.29. The topological polar surface area (TPSA) is 24.8 Å². The first-order valence-electron chi connectivity index (χ1n) is 7.14. The molecular weight excluding hydrogens is 252 g/mol. The third-order valence-electron chi connectivity index (χ3n) is 3.79. The lowest BCUT2D eigenvalue weighted by Gasteiger charge is -2.34. The highest BCUT2D eigenvalue weighted by molar-refractivity contribution is 6.70. The van der Waals surface area contributed by atoms with Crippen molar-refractivity contribution in [2.45, 2.75) is 39.0 Å². The molecule has 0 bridgehead atoms. The Hall–Kier alpha value is -0.973. The first-order chi connectivity index (χ1) is 9.15. The van der Waals surface area contributed by atoms with Crippen molar-refractivity contribution < 1.29 is 4.43 Å². The predicted molar refractivity (Wildman–Crippen MR) is 82.9 cm³/mol. The second-order valence-corrected chi connectivity index (χ2v) is 8.94. The molecule has 1 heterocycles. The smallest absolute Gasteiger partial charge is 0.269 e. The Bertz CT molecular complexity index is 423. The molecule has 3 nitrogen and oxygen atoms in total. The van der Waals surface area contributed by atoms with Crippen molar-refractivity contribution in [3.05, 3.63) is 35.9 Å². The number of rotatable bonds is 5. The molecule has 0 radical (unpaired) electrons. The Balaban J connectivity index is 2.03. The monoisotopic (exact) mass is 276 g/mol. The Labute approximate surface area is 117 Å². The van der Waals surface area contributed by atoms with Crippen LogP contribution in [0.4, 0.5) is 0 Å². The molecule has 2 atom stereocenters. The van der Waals surface area contributed by atoms with Gasteiger partial charge < -0.3 is 4.43 Å². The van der Waals surface area contributed by atoms with Crippen LogP contribution in [0.5, 0.6) is 0 Å². The van der Waals surface area contributed by atoms with Gasteiger partial charge in [0.15, 0.2) is 0 Å². The van der Waals surface area contributed by atoms with E-state index in [9.17, 15) is 0 Å². The molecule has 0 aromatic heterocycles. The van der Waals surface area contributed by atoms with Crippen LogP contribution in [0.2, 0.25) is 12.6 Å². The molecule has 0 spiro atoms. The lowest BCUT2D eigenvalue weighted by molar-refractivity contribution is 0.246. The molecule has 1 saturated heterocycles. The fourth-order valence-corrected chi connectivity index (χ4v) is 6.34. The molecule has 2 unspecified atom stereocenters. The van der Waals surface area contributed by atoms with E-state index in [4.69, 9.17) is 9.42 Å². The van der Waals surface area contributed by atoms with Gasteiger partial charge in [0.2, 0.25) is 0 Å². The van der Waals surface area contributed by atoms with Crippen LogP contribution in [0.15, 0.2) is 35.3 Å². The van der Waals surface area contributed by atoms with Gasteiger partial charge in [-0.1, -0.05) is 30.3 Å². The minimum Gasteiger partial charge on any atom is -0.403 e. The van der Waals surface area contributed by atoms with E-state index in [-0.39, 0.29) is 6.17 Å². The van der Waals surface area contributed by atoms with E-state index in [2.05, 4.69) is 37.1 Å². The van der Waals surface area contributed by atoms with Crippen LogP contribution in [0.1, 0.15) is 25.8 Å². The lowest BCUT2D eigenvalue weighted by atomic mass is 10.2. The third-order valence-corrected chi connectivity index (χ3v) is 7.80. The molecule has 1 fully saturated rings. The second-order valence-electron chi connectivity index (χ2n) is 5.23. The van der Waals surface area contributed by atoms with E-state index >= 15 is 0 Å². The van der Waals surface area contributed by atoms with Gasteiger partial charge in [0, 0.05) is 12.8 Å². The molecule has 4 heteroatoms. The molecule has 0 aliphatic carbocycles. The molecule has 0 N–H and O–H groups in total. The lowest BCUT2D eigenvalue weighted by Crippen LogP contribution is -2.52. The number of hydrogen-bond donors (Lipinski definition) is 0. The zero-order chi connectivity index (χ0) is 13.7. The van der Waals surface area contributed by atoms with Crippen LogP contribution in [0.3, 0.4) is 0 Å². The molecule has 19 heavy (non-hydrogen) atoms. The average Bonchev–Trinajstić information content (AvgIpc) is 2.79. The van der Waals surface area contributed by atoms with Crippen LogP contribution in [0, 0.1) is 0 Å². The second kappa shape index (κ2) is 6.46. The summed E-state index contributed by atoms with van der Waals surface area (Å²) in [6.07, 6.45) is 3.43. The number of benzene rings is 1. The van der Waals surface area contributed by atoms with Crippen molar-refractivity contribution in [2.75, 3.05) is 13.2 Å². The van der Waals surface area contributed by atoms with Gasteiger partial charge in [-0.2, -0.15) is 0 Å². The number of nitrogens with zero attached hydrogens (tertiary/aromatic N) is 2. The zero-order valence-corrected chi connectivity index (χ0v) is 13.2. The standard InChI is InChI=1S/C15H24N2OSi/c1-4-18-19(3)12-8-11-17(19)14(2)16-13-15-9-6-5-7-10-15/h5-7,9-10,13-14H,4,8,11-12H2,1-3H3. The maximum atomic E-state index is 6.07. The maximum absolute atomic E-state index is 6.07. The normalized spacial score (nSPS) is 26.1. The van der Waals surface area contributed by atoms with Crippen molar-refractivity contribution in [1.82, 2.24) is 4.57 Å². The van der Waals surface area contributed by atoms with Crippen LogP contribution in [-0.2, 0) is 4.43 Å². The van der Waals surface area contributed by atoms with E-state index < -0.39 is 8.48 Å². The van der Waals surface area contributed by atoms with Crippen LogP contribution < -0.4 is 0 Å². The molecule has 2 rings (SSSR count). The molecule has 0 amide bonds. The number of hydrogen-bond acceptors (Lipinski definition) is 3. The SMILES string of the molecule is CCO[Si]1(C)CCCN1C(C)N=Cc1ccccc1. The van der Waals surface area contributed by atoms with Gasteiger partial charge in [-0.05, 0) is 45.0 Å². The van der Waals surface area contributed by atoms with E-state index in [0.29, 0.717) is 0 Å². The summed E-state index contributed by atoms with van der Waals surface area (Å²) < 4.78 is 8.56. The Kier molecular flexibility index (Phi) is 4.91. The van der Waals surface area contributed by atoms with Crippen LogP contribution in [0.25, 0.3) is 0 Å². The van der Waals surface area contributed by atoms with E-state index in [1.54, 1.807) is 0 Å². The summed E-state index contributed by atoms with van der Waals surface area (Å²) in [5.74, 6) is 0. The van der Waals surface area contributed by atoms with Gasteiger partial charge in [0.25, 0.3) is 8.48 Å². The maximum Gasteiger partial charge on any atom is 0.269 e. The van der Waals surface area contributed by atoms with E-state index in [0.717, 1.165) is 18.7 Å². The molecule has 104 valence electrons. The van der Waals surface area contributed by atoms with Crippen molar-refractivity contribution >= 4 is 14.7 Å². The van der Waals surface area contributed by atoms with Crippen molar-refractivity contribution in [1.29, 1.82) is 0 Å². The first-order valence-corrected chi connectivity index (χ1v) is 9.71. The molecule has 1 aliphatic heterocycles. The summed E-state index contributed by atoms with van der Waals surface area (Å²) in [4.78, 5) is 4.71. The summed E-state index contributed by atoms with van der Waals surface area (Å²) in [6, 6.07) is 11.5. The molecular formula is C15H24N2OSi. The summed E-state index contributed by atoms with van der Waals surface area (Å²) in [5.41, 5.74) is 1.16. The van der Waals surface area contributed by atoms with Crippen molar-refractivity contribution in [3.8, 4) is 0 Å². The first kappa shape index (κ1) is 14.4. The molecule has 1 aromatic rings. The molecule has 1 aliphatic rings. The van der Waals surface area contributed by atoms with E-state index in [1.807, 2.05) is 24.4 Å². The van der Waals surface area contributed by atoms with Crippen LogP contribution >= 0.6 is 0 Å². The van der Waals surface area contributed by atoms with Gasteiger partial charge in [-0.25, -0.2) is 0 Å².